The quantitative estimate of drug-likeness (QED) is 0.880. The fourth-order valence-electron chi connectivity index (χ4n) is 4.89. The van der Waals surface area contributed by atoms with E-state index in [0.29, 0.717) is 0 Å². The van der Waals surface area contributed by atoms with E-state index in [4.69, 9.17) is 0 Å². The van der Waals surface area contributed by atoms with Gasteiger partial charge in [-0.2, -0.15) is 0 Å². The van der Waals surface area contributed by atoms with Gasteiger partial charge in [-0.25, -0.2) is 4.39 Å². The molecule has 1 fully saturated rings. The molecular weight excluding hydrogens is 341 g/mol. The van der Waals surface area contributed by atoms with Gasteiger partial charge in [-0.3, -0.25) is 9.88 Å². The molecule has 27 heavy (non-hydrogen) atoms. The molecule has 2 aromatic rings. The van der Waals surface area contributed by atoms with E-state index in [9.17, 15) is 9.50 Å². The van der Waals surface area contributed by atoms with Crippen molar-refractivity contribution in [2.75, 3.05) is 39.3 Å². The highest BCUT2D eigenvalue weighted by molar-refractivity contribution is 5.37. The second-order valence-electron chi connectivity index (χ2n) is 7.75. The summed E-state index contributed by atoms with van der Waals surface area (Å²) in [6.45, 7) is 4.96. The van der Waals surface area contributed by atoms with Gasteiger partial charge in [-0.05, 0) is 48.4 Å². The minimum Gasteiger partial charge on any atom is -0.395 e. The molecule has 5 heteroatoms. The molecule has 4 nitrogen and oxygen atoms in total. The number of aliphatic hydroxyl groups excluding tert-OH is 1. The summed E-state index contributed by atoms with van der Waals surface area (Å²) in [5.74, 6) is -0.261. The predicted molar refractivity (Wildman–Crippen MR) is 104 cm³/mol. The summed E-state index contributed by atoms with van der Waals surface area (Å²) in [4.78, 5) is 8.93. The van der Waals surface area contributed by atoms with E-state index in [1.807, 2.05) is 0 Å². The lowest BCUT2D eigenvalue weighted by Crippen LogP contribution is -2.57. The Labute approximate surface area is 160 Å². The van der Waals surface area contributed by atoms with Crippen molar-refractivity contribution in [1.29, 1.82) is 0 Å². The Hall–Kier alpha value is -1.82. The van der Waals surface area contributed by atoms with E-state index in [0.717, 1.165) is 64.0 Å². The molecule has 1 spiro atoms. The lowest BCUT2D eigenvalue weighted by atomic mass is 9.74. The Morgan fingerprint density at radius 3 is 2.67 bits per heavy atom. The van der Waals surface area contributed by atoms with E-state index in [-0.39, 0.29) is 18.0 Å². The largest absolute Gasteiger partial charge is 0.395 e. The topological polar surface area (TPSA) is 39.6 Å². The van der Waals surface area contributed by atoms with Crippen LogP contribution in [0.4, 0.5) is 4.39 Å². The van der Waals surface area contributed by atoms with Crippen molar-refractivity contribution < 1.29 is 9.50 Å². The van der Waals surface area contributed by atoms with Crippen LogP contribution in [0.5, 0.6) is 0 Å². The molecule has 4 rings (SSSR count). The second kappa shape index (κ2) is 8.05. The Balaban J connectivity index is 1.45. The molecule has 1 aromatic carbocycles. The normalized spacial score (nSPS) is 19.9. The third-order valence-electron chi connectivity index (χ3n) is 6.31. The molecule has 0 saturated carbocycles. The van der Waals surface area contributed by atoms with Crippen LogP contribution in [0.1, 0.15) is 29.5 Å². The van der Waals surface area contributed by atoms with E-state index < -0.39 is 0 Å². The van der Waals surface area contributed by atoms with Crippen LogP contribution >= 0.6 is 0 Å². The van der Waals surface area contributed by atoms with Gasteiger partial charge in [0, 0.05) is 44.5 Å². The van der Waals surface area contributed by atoms with Crippen LogP contribution < -0.4 is 0 Å². The zero-order valence-corrected chi connectivity index (χ0v) is 15.8. The summed E-state index contributed by atoms with van der Waals surface area (Å²) in [6.07, 6.45) is 7.05. The number of benzene rings is 1. The summed E-state index contributed by atoms with van der Waals surface area (Å²) >= 11 is 0. The molecule has 144 valence electrons. The molecule has 0 radical (unpaired) electrons. The standard InChI is InChI=1S/C22H28FN3O/c23-20-15-18(16-24-17-20)5-9-25-11-7-22(8-12-25)21-4-2-1-3-19(21)6-10-26(22)13-14-27/h1-4,15-17,27H,5-14H2. The average molecular weight is 369 g/mol. The Morgan fingerprint density at radius 1 is 1.07 bits per heavy atom. The molecule has 1 aromatic heterocycles. The monoisotopic (exact) mass is 369 g/mol. The first kappa shape index (κ1) is 18.5. The van der Waals surface area contributed by atoms with Crippen molar-refractivity contribution >= 4 is 0 Å². The highest BCUT2D eigenvalue weighted by Gasteiger charge is 2.44. The zero-order valence-electron chi connectivity index (χ0n) is 15.8. The molecule has 2 aliphatic rings. The third kappa shape index (κ3) is 3.77. The van der Waals surface area contributed by atoms with Crippen LogP contribution in [0.2, 0.25) is 0 Å². The van der Waals surface area contributed by atoms with Crippen LogP contribution in [0.3, 0.4) is 0 Å². The second-order valence-corrected chi connectivity index (χ2v) is 7.75. The molecule has 0 atom stereocenters. The van der Waals surface area contributed by atoms with Gasteiger partial charge in [0.25, 0.3) is 0 Å². The highest BCUT2D eigenvalue weighted by Crippen LogP contribution is 2.43. The summed E-state index contributed by atoms with van der Waals surface area (Å²) in [5, 5.41) is 9.58. The third-order valence-corrected chi connectivity index (χ3v) is 6.31. The van der Waals surface area contributed by atoms with Crippen LogP contribution in [0.15, 0.2) is 42.7 Å². The van der Waals surface area contributed by atoms with Crippen molar-refractivity contribution in [1.82, 2.24) is 14.8 Å². The highest BCUT2D eigenvalue weighted by atomic mass is 19.1. The van der Waals surface area contributed by atoms with Gasteiger partial charge in [-0.1, -0.05) is 24.3 Å². The number of aliphatic hydroxyl groups is 1. The lowest BCUT2D eigenvalue weighted by Gasteiger charge is -2.52. The van der Waals surface area contributed by atoms with Gasteiger partial charge in [0.1, 0.15) is 5.82 Å². The van der Waals surface area contributed by atoms with Crippen molar-refractivity contribution in [2.45, 2.75) is 31.2 Å². The Bertz CT molecular complexity index is 774. The van der Waals surface area contributed by atoms with Gasteiger partial charge in [0.15, 0.2) is 0 Å². The molecular formula is C22H28FN3O. The minimum atomic E-state index is -0.261. The zero-order chi connectivity index (χ0) is 18.7. The maximum Gasteiger partial charge on any atom is 0.141 e. The van der Waals surface area contributed by atoms with Gasteiger partial charge in [0.05, 0.1) is 12.8 Å². The van der Waals surface area contributed by atoms with Crippen molar-refractivity contribution in [3.05, 3.63) is 65.2 Å². The van der Waals surface area contributed by atoms with Gasteiger partial charge in [0.2, 0.25) is 0 Å². The molecule has 0 unspecified atom stereocenters. The van der Waals surface area contributed by atoms with Gasteiger partial charge in [-0.15, -0.1) is 0 Å². The molecule has 1 saturated heterocycles. The first-order valence-corrected chi connectivity index (χ1v) is 9.97. The summed E-state index contributed by atoms with van der Waals surface area (Å²) in [5.41, 5.74) is 3.93. The fraction of sp³-hybridized carbons (Fsp3) is 0.500. The van der Waals surface area contributed by atoms with Crippen molar-refractivity contribution in [2.24, 2.45) is 0 Å². The number of pyridine rings is 1. The minimum absolute atomic E-state index is 0.0501. The van der Waals surface area contributed by atoms with Crippen LogP contribution in [0, 0.1) is 5.82 Å². The first-order chi connectivity index (χ1) is 13.2. The van der Waals surface area contributed by atoms with Crippen LogP contribution in [-0.2, 0) is 18.4 Å². The SMILES string of the molecule is OCCN1CCc2ccccc2C12CCN(CCc1cncc(F)c1)CC2. The number of piperidine rings is 1. The average Bonchev–Trinajstić information content (AvgIpc) is 2.70. The summed E-state index contributed by atoms with van der Waals surface area (Å²) in [7, 11) is 0. The smallest absolute Gasteiger partial charge is 0.141 e. The molecule has 0 aliphatic carbocycles. The van der Waals surface area contributed by atoms with Crippen molar-refractivity contribution in [3.63, 3.8) is 0 Å². The maximum atomic E-state index is 13.3. The number of hydrogen-bond donors (Lipinski definition) is 1. The Kier molecular flexibility index (Phi) is 5.53. The van der Waals surface area contributed by atoms with Crippen LogP contribution in [0.25, 0.3) is 0 Å². The number of hydrogen-bond acceptors (Lipinski definition) is 4. The molecule has 1 N–H and O–H groups in total. The van der Waals surface area contributed by atoms with Gasteiger partial charge >= 0.3 is 0 Å². The van der Waals surface area contributed by atoms with E-state index >= 15 is 0 Å². The summed E-state index contributed by atoms with van der Waals surface area (Å²) < 4.78 is 13.3. The number of β-amino-alcohol motifs (C(OH)–C–C–N with tert-alkyl or cyclic N) is 1. The van der Waals surface area contributed by atoms with Crippen molar-refractivity contribution in [3.8, 4) is 0 Å². The summed E-state index contributed by atoms with van der Waals surface area (Å²) in [6, 6.07) is 10.4. The molecule has 2 aliphatic heterocycles. The fourth-order valence-corrected chi connectivity index (χ4v) is 4.89. The maximum absolute atomic E-state index is 13.3. The number of aromatic nitrogens is 1. The number of nitrogens with zero attached hydrogens (tertiary/aromatic N) is 3. The number of halogens is 1. The number of fused-ring (bicyclic) bond motifs is 2. The predicted octanol–water partition coefficient (Wildman–Crippen LogP) is 2.60. The molecule has 3 heterocycles. The van der Waals surface area contributed by atoms with Gasteiger partial charge < -0.3 is 10.0 Å². The number of likely N-dealkylation sites (tertiary alicyclic amines) is 1. The lowest BCUT2D eigenvalue weighted by molar-refractivity contribution is -0.000397. The Morgan fingerprint density at radius 2 is 1.89 bits per heavy atom. The van der Waals surface area contributed by atoms with E-state index in [2.05, 4.69) is 39.0 Å². The first-order valence-electron chi connectivity index (χ1n) is 9.97. The molecule has 0 amide bonds. The van der Waals surface area contributed by atoms with Crippen LogP contribution in [-0.4, -0.2) is 59.2 Å². The molecule has 0 bridgehead atoms. The van der Waals surface area contributed by atoms with E-state index in [1.54, 1.807) is 12.3 Å². The van der Waals surface area contributed by atoms with E-state index in [1.165, 1.54) is 17.3 Å². The number of rotatable bonds is 5.